The standard InChI is InChI=1S/C28H31ClN2O2S/c1-3-16-30-28(33)26(18-22-8-5-4-6-9-22)31(19-23-10-7-11-24(29)17-23)27(32)20-34-25-14-12-21(2)13-15-25/h4-15,17,26H,3,16,18-20H2,1-2H3,(H,30,33)/t26-/m1/s1. The number of nitrogens with one attached hydrogen (secondary N) is 1. The minimum atomic E-state index is -0.626. The van der Waals surface area contributed by atoms with Crippen LogP contribution in [0, 0.1) is 6.92 Å². The third kappa shape index (κ3) is 7.93. The molecule has 4 nitrogen and oxygen atoms in total. The van der Waals surface area contributed by atoms with Gasteiger partial charge in [-0.15, -0.1) is 11.8 Å². The van der Waals surface area contributed by atoms with Gasteiger partial charge < -0.3 is 10.2 Å². The number of rotatable bonds is 11. The second-order valence-corrected chi connectivity index (χ2v) is 9.74. The van der Waals surface area contributed by atoms with E-state index in [0.717, 1.165) is 22.4 Å². The van der Waals surface area contributed by atoms with Gasteiger partial charge in [-0.2, -0.15) is 0 Å². The van der Waals surface area contributed by atoms with E-state index < -0.39 is 6.04 Å². The molecule has 0 spiro atoms. The van der Waals surface area contributed by atoms with Crippen molar-refractivity contribution in [1.29, 1.82) is 0 Å². The van der Waals surface area contributed by atoms with Crippen molar-refractivity contribution >= 4 is 35.2 Å². The van der Waals surface area contributed by atoms with Crippen LogP contribution in [0.1, 0.15) is 30.0 Å². The van der Waals surface area contributed by atoms with Crippen LogP contribution in [0.3, 0.4) is 0 Å². The summed E-state index contributed by atoms with van der Waals surface area (Å²) in [6.07, 6.45) is 1.27. The first kappa shape index (κ1) is 25.9. The SMILES string of the molecule is CCCNC(=O)[C@@H](Cc1ccccc1)N(Cc1cccc(Cl)c1)C(=O)CSc1ccc(C)cc1. The van der Waals surface area contributed by atoms with Gasteiger partial charge in [-0.3, -0.25) is 9.59 Å². The number of thioether (sulfide) groups is 1. The molecule has 0 aliphatic rings. The second kappa shape index (κ2) is 13.2. The third-order valence-corrected chi connectivity index (χ3v) is 6.68. The zero-order valence-corrected chi connectivity index (χ0v) is 21.2. The predicted octanol–water partition coefficient (Wildman–Crippen LogP) is 5.91. The molecule has 0 aliphatic carbocycles. The molecule has 0 bridgehead atoms. The molecular weight excluding hydrogens is 464 g/mol. The highest BCUT2D eigenvalue weighted by Crippen LogP contribution is 2.22. The molecule has 0 radical (unpaired) electrons. The van der Waals surface area contributed by atoms with Gasteiger partial charge >= 0.3 is 0 Å². The number of hydrogen-bond donors (Lipinski definition) is 1. The largest absolute Gasteiger partial charge is 0.354 e. The van der Waals surface area contributed by atoms with E-state index in [1.807, 2.05) is 86.6 Å². The minimum absolute atomic E-state index is 0.0851. The lowest BCUT2D eigenvalue weighted by Gasteiger charge is -2.31. The van der Waals surface area contributed by atoms with E-state index >= 15 is 0 Å². The molecule has 0 saturated carbocycles. The molecule has 6 heteroatoms. The van der Waals surface area contributed by atoms with Crippen LogP contribution in [-0.4, -0.2) is 35.1 Å². The van der Waals surface area contributed by atoms with Crippen LogP contribution in [0.15, 0.2) is 83.8 Å². The molecule has 3 aromatic rings. The lowest BCUT2D eigenvalue weighted by molar-refractivity contribution is -0.139. The van der Waals surface area contributed by atoms with Gasteiger partial charge in [-0.25, -0.2) is 0 Å². The zero-order chi connectivity index (χ0) is 24.3. The van der Waals surface area contributed by atoms with Gasteiger partial charge in [0.1, 0.15) is 6.04 Å². The fourth-order valence-electron chi connectivity index (χ4n) is 3.61. The molecule has 0 fully saturated rings. The zero-order valence-electron chi connectivity index (χ0n) is 19.7. The van der Waals surface area contributed by atoms with Crippen molar-refractivity contribution in [1.82, 2.24) is 10.2 Å². The Kier molecular flexibility index (Phi) is 10.0. The molecule has 34 heavy (non-hydrogen) atoms. The van der Waals surface area contributed by atoms with Crippen molar-refractivity contribution in [2.24, 2.45) is 0 Å². The fourth-order valence-corrected chi connectivity index (χ4v) is 4.61. The van der Waals surface area contributed by atoms with Gasteiger partial charge in [-0.1, -0.05) is 78.7 Å². The summed E-state index contributed by atoms with van der Waals surface area (Å²) >= 11 is 7.70. The van der Waals surface area contributed by atoms with E-state index in [0.29, 0.717) is 24.5 Å². The first-order chi connectivity index (χ1) is 16.5. The molecule has 0 unspecified atom stereocenters. The normalized spacial score (nSPS) is 11.6. The monoisotopic (exact) mass is 494 g/mol. The maximum absolute atomic E-state index is 13.6. The Morgan fingerprint density at radius 2 is 1.68 bits per heavy atom. The number of nitrogens with zero attached hydrogens (tertiary/aromatic N) is 1. The summed E-state index contributed by atoms with van der Waals surface area (Å²) in [6.45, 7) is 4.93. The summed E-state index contributed by atoms with van der Waals surface area (Å²) in [7, 11) is 0. The fraction of sp³-hybridized carbons (Fsp3) is 0.286. The molecule has 0 aliphatic heterocycles. The van der Waals surface area contributed by atoms with Crippen LogP contribution in [0.2, 0.25) is 5.02 Å². The van der Waals surface area contributed by atoms with E-state index in [2.05, 4.69) is 5.32 Å². The number of amides is 2. The summed E-state index contributed by atoms with van der Waals surface area (Å²) in [6, 6.07) is 24.8. The highest BCUT2D eigenvalue weighted by molar-refractivity contribution is 8.00. The Labute approximate surface area is 211 Å². The van der Waals surface area contributed by atoms with Gasteiger partial charge in [0.15, 0.2) is 0 Å². The van der Waals surface area contributed by atoms with Crippen LogP contribution < -0.4 is 5.32 Å². The van der Waals surface area contributed by atoms with Crippen molar-refractivity contribution in [3.05, 3.63) is 101 Å². The summed E-state index contributed by atoms with van der Waals surface area (Å²) in [5.74, 6) is 0.0234. The van der Waals surface area contributed by atoms with Crippen LogP contribution in [-0.2, 0) is 22.6 Å². The topological polar surface area (TPSA) is 49.4 Å². The van der Waals surface area contributed by atoms with E-state index in [-0.39, 0.29) is 17.6 Å². The molecule has 1 N–H and O–H groups in total. The molecule has 178 valence electrons. The Morgan fingerprint density at radius 1 is 0.971 bits per heavy atom. The average molecular weight is 495 g/mol. The molecule has 3 aromatic carbocycles. The number of carbonyl (C=O) groups excluding carboxylic acids is 2. The lowest BCUT2D eigenvalue weighted by atomic mass is 10.0. The maximum Gasteiger partial charge on any atom is 0.243 e. The number of aryl methyl sites for hydroxylation is 1. The van der Waals surface area contributed by atoms with Crippen LogP contribution in [0.4, 0.5) is 0 Å². The lowest BCUT2D eigenvalue weighted by Crippen LogP contribution is -2.51. The summed E-state index contributed by atoms with van der Waals surface area (Å²) in [5.41, 5.74) is 3.07. The van der Waals surface area contributed by atoms with E-state index in [1.165, 1.54) is 17.3 Å². The van der Waals surface area contributed by atoms with Crippen molar-refractivity contribution in [2.45, 2.75) is 44.2 Å². The first-order valence-corrected chi connectivity index (χ1v) is 12.9. The number of carbonyl (C=O) groups is 2. The quantitative estimate of drug-likeness (QED) is 0.337. The van der Waals surface area contributed by atoms with Crippen molar-refractivity contribution in [3.63, 3.8) is 0 Å². The van der Waals surface area contributed by atoms with Gasteiger partial charge in [0.05, 0.1) is 5.75 Å². The van der Waals surface area contributed by atoms with Crippen molar-refractivity contribution < 1.29 is 9.59 Å². The van der Waals surface area contributed by atoms with Crippen molar-refractivity contribution in [3.8, 4) is 0 Å². The number of halogens is 1. The molecule has 3 rings (SSSR count). The van der Waals surface area contributed by atoms with Gasteiger partial charge in [0.25, 0.3) is 0 Å². The van der Waals surface area contributed by atoms with Crippen molar-refractivity contribution in [2.75, 3.05) is 12.3 Å². The Bertz CT molecular complexity index is 1070. The molecular formula is C28H31ClN2O2S. The Morgan fingerprint density at radius 3 is 2.35 bits per heavy atom. The Hall–Kier alpha value is -2.76. The minimum Gasteiger partial charge on any atom is -0.354 e. The Balaban J connectivity index is 1.88. The summed E-state index contributed by atoms with van der Waals surface area (Å²) < 4.78 is 0. The molecule has 0 saturated heterocycles. The van der Waals surface area contributed by atoms with E-state index in [1.54, 1.807) is 11.0 Å². The van der Waals surface area contributed by atoms with Crippen LogP contribution in [0.25, 0.3) is 0 Å². The molecule has 1 atom stereocenters. The highest BCUT2D eigenvalue weighted by Gasteiger charge is 2.30. The van der Waals surface area contributed by atoms with Gasteiger partial charge in [0.2, 0.25) is 11.8 Å². The molecule has 0 aromatic heterocycles. The van der Waals surface area contributed by atoms with Crippen LogP contribution in [0.5, 0.6) is 0 Å². The summed E-state index contributed by atoms with van der Waals surface area (Å²) in [4.78, 5) is 29.6. The van der Waals surface area contributed by atoms with E-state index in [4.69, 9.17) is 11.6 Å². The van der Waals surface area contributed by atoms with Gasteiger partial charge in [-0.05, 0) is 48.7 Å². The van der Waals surface area contributed by atoms with E-state index in [9.17, 15) is 9.59 Å². The second-order valence-electron chi connectivity index (χ2n) is 8.25. The number of benzene rings is 3. The predicted molar refractivity (Wildman–Crippen MR) is 141 cm³/mol. The first-order valence-electron chi connectivity index (χ1n) is 11.5. The third-order valence-electron chi connectivity index (χ3n) is 5.45. The smallest absolute Gasteiger partial charge is 0.243 e. The maximum atomic E-state index is 13.6. The molecule has 2 amide bonds. The number of hydrogen-bond acceptors (Lipinski definition) is 3. The van der Waals surface area contributed by atoms with Crippen LogP contribution >= 0.6 is 23.4 Å². The average Bonchev–Trinajstić information content (AvgIpc) is 2.85. The molecule has 0 heterocycles. The summed E-state index contributed by atoms with van der Waals surface area (Å²) in [5, 5.41) is 3.61. The highest BCUT2D eigenvalue weighted by atomic mass is 35.5. The van der Waals surface area contributed by atoms with Gasteiger partial charge in [0, 0.05) is 29.4 Å².